The largest absolute Gasteiger partial charge is 0.417 e. The molecule has 10 aromatic rings. The van der Waals surface area contributed by atoms with Gasteiger partial charge in [-0.05, 0) is 126 Å². The van der Waals surface area contributed by atoms with Crippen LogP contribution < -0.4 is 0 Å². The number of benzene rings is 8. The number of aryl methyl sites for hydroxylation is 2. The molecule has 0 radical (unpaired) electrons. The number of halogens is 9. The Bertz CT molecular complexity index is 3820. The third-order valence-corrected chi connectivity index (χ3v) is 12.5. The Morgan fingerprint density at radius 3 is 1.34 bits per heavy atom. The van der Waals surface area contributed by atoms with Gasteiger partial charge in [-0.25, -0.2) is 0 Å². The highest BCUT2D eigenvalue weighted by molar-refractivity contribution is 6.13. The van der Waals surface area contributed by atoms with Crippen LogP contribution in [0.25, 0.3) is 88.4 Å². The summed E-state index contributed by atoms with van der Waals surface area (Å²) in [5.41, 5.74) is 3.05. The minimum Gasteiger partial charge on any atom is -0.308 e. The molecular weight excluding hydrogens is 888 g/mol. The first kappa shape index (κ1) is 43.6. The highest BCUT2D eigenvalue weighted by Crippen LogP contribution is 2.47. The smallest absolute Gasteiger partial charge is 0.308 e. The van der Waals surface area contributed by atoms with E-state index in [1.165, 1.54) is 18.2 Å². The molecule has 0 saturated heterocycles. The van der Waals surface area contributed by atoms with Crippen molar-refractivity contribution in [1.29, 1.82) is 10.5 Å². The number of nitrogens with zero attached hydrogens (tertiary/aromatic N) is 4. The van der Waals surface area contributed by atoms with Gasteiger partial charge in [0.05, 0.1) is 73.4 Å². The predicted molar refractivity (Wildman–Crippen MR) is 245 cm³/mol. The topological polar surface area (TPSA) is 57.4 Å². The van der Waals surface area contributed by atoms with Crippen molar-refractivity contribution in [2.24, 2.45) is 0 Å². The average molecular weight is 919 g/mol. The van der Waals surface area contributed by atoms with Crippen molar-refractivity contribution in [1.82, 2.24) is 9.13 Å². The van der Waals surface area contributed by atoms with Crippen LogP contribution in [-0.2, 0) is 18.5 Å². The second-order valence-electron chi connectivity index (χ2n) is 16.6. The average Bonchev–Trinajstić information content (AvgIpc) is 3.82. The molecule has 4 nitrogen and oxygen atoms in total. The number of para-hydroxylation sites is 2. The molecule has 0 N–H and O–H groups in total. The SMILES string of the molecule is Cc1cc(C(F)(F)F)ccc1-c1ccc2c3ccccc3n(-c3cc(C#N)cc(-n4c5ccccc5c5ccc(-c6ccc(C(F)(F)F)cc6C(F)(F)F)cc54)c3-c3ccc(C#N)cc3C)c2c1. The van der Waals surface area contributed by atoms with Crippen LogP contribution in [-0.4, -0.2) is 9.13 Å². The molecule has 0 spiro atoms. The summed E-state index contributed by atoms with van der Waals surface area (Å²) in [6, 6.07) is 43.1. The fraction of sp³-hybridized carbons (Fsp3) is 0.0909. The molecule has 0 amide bonds. The molecule has 0 fully saturated rings. The molecule has 0 aliphatic carbocycles. The van der Waals surface area contributed by atoms with Crippen LogP contribution in [0, 0.1) is 36.5 Å². The van der Waals surface area contributed by atoms with Crippen LogP contribution in [0.15, 0.2) is 152 Å². The van der Waals surface area contributed by atoms with Crippen LogP contribution in [0.2, 0.25) is 0 Å². The summed E-state index contributed by atoms with van der Waals surface area (Å²) in [4.78, 5) is 0. The second kappa shape index (κ2) is 15.7. The summed E-state index contributed by atoms with van der Waals surface area (Å²) in [6.45, 7) is 3.43. The van der Waals surface area contributed by atoms with Crippen molar-refractivity contribution in [3.63, 3.8) is 0 Å². The van der Waals surface area contributed by atoms with E-state index in [4.69, 9.17) is 0 Å². The summed E-state index contributed by atoms with van der Waals surface area (Å²) in [5, 5.41) is 23.7. The molecule has 68 heavy (non-hydrogen) atoms. The quantitative estimate of drug-likeness (QED) is 0.162. The first-order valence-electron chi connectivity index (χ1n) is 21.0. The fourth-order valence-corrected chi connectivity index (χ4v) is 9.48. The van der Waals surface area contributed by atoms with Crippen molar-refractivity contribution in [2.45, 2.75) is 32.4 Å². The molecule has 2 heterocycles. The van der Waals surface area contributed by atoms with Crippen molar-refractivity contribution >= 4 is 43.6 Å². The molecule has 13 heteroatoms. The number of hydrogen-bond acceptors (Lipinski definition) is 2. The van der Waals surface area contributed by atoms with Gasteiger partial charge in [0, 0.05) is 27.1 Å². The lowest BCUT2D eigenvalue weighted by atomic mass is 9.93. The van der Waals surface area contributed by atoms with Gasteiger partial charge >= 0.3 is 18.5 Å². The molecule has 334 valence electrons. The van der Waals surface area contributed by atoms with Gasteiger partial charge in [0.15, 0.2) is 0 Å². The Balaban J connectivity index is 1.33. The number of hydrogen-bond donors (Lipinski definition) is 0. The van der Waals surface area contributed by atoms with E-state index in [9.17, 15) is 50.0 Å². The first-order chi connectivity index (χ1) is 32.3. The number of aromatic nitrogens is 2. The molecule has 0 bridgehead atoms. The standard InChI is InChI=1S/C55H31F9N4/c1-30-21-32(28-65)11-16-39(30)52-50(67-46-9-5-3-7-41(46)43-17-12-34(25-48(43)67)38-19-14-36(22-31(38)2)53(56,57)58)23-33(29-66)24-51(52)68-47-10-6-4-8-42(47)44-18-13-35(26-49(44)68)40-20-15-37(54(59,60)61)27-45(40)55(62,63)64/h3-27H,1-2H3. The van der Waals surface area contributed by atoms with E-state index in [1.807, 2.05) is 70.7 Å². The molecular formula is C55H31F9N4. The third-order valence-electron chi connectivity index (χ3n) is 12.5. The molecule has 0 saturated carbocycles. The molecule has 8 aromatic carbocycles. The predicted octanol–water partition coefficient (Wildman–Crippen LogP) is 16.3. The van der Waals surface area contributed by atoms with Crippen LogP contribution in [0.5, 0.6) is 0 Å². The summed E-state index contributed by atoms with van der Waals surface area (Å²) < 4.78 is 131. The Hall–Kier alpha value is -8.29. The van der Waals surface area contributed by atoms with Gasteiger partial charge in [-0.1, -0.05) is 78.9 Å². The van der Waals surface area contributed by atoms with Crippen LogP contribution in [0.1, 0.15) is 38.9 Å². The molecule has 0 atom stereocenters. The number of nitriles is 2. The zero-order valence-corrected chi connectivity index (χ0v) is 35.6. The van der Waals surface area contributed by atoms with E-state index in [1.54, 1.807) is 55.5 Å². The van der Waals surface area contributed by atoms with Crippen molar-refractivity contribution in [3.8, 4) is 56.9 Å². The van der Waals surface area contributed by atoms with E-state index >= 15 is 0 Å². The normalized spacial score (nSPS) is 12.3. The van der Waals surface area contributed by atoms with Crippen LogP contribution in [0.3, 0.4) is 0 Å². The van der Waals surface area contributed by atoms with Crippen molar-refractivity contribution < 1.29 is 39.5 Å². The summed E-state index contributed by atoms with van der Waals surface area (Å²) >= 11 is 0. The zero-order chi connectivity index (χ0) is 48.0. The number of rotatable bonds is 5. The van der Waals surface area contributed by atoms with E-state index < -0.39 is 40.8 Å². The summed E-state index contributed by atoms with van der Waals surface area (Å²) in [5.74, 6) is 0. The van der Waals surface area contributed by atoms with Gasteiger partial charge in [-0.15, -0.1) is 0 Å². The lowest BCUT2D eigenvalue weighted by Crippen LogP contribution is -2.12. The minimum atomic E-state index is -5.15. The van der Waals surface area contributed by atoms with Gasteiger partial charge in [-0.3, -0.25) is 0 Å². The maximum Gasteiger partial charge on any atom is 0.417 e. The Morgan fingerprint density at radius 2 is 0.853 bits per heavy atom. The third kappa shape index (κ3) is 7.19. The molecule has 10 rings (SSSR count). The minimum absolute atomic E-state index is 0.0103. The maximum atomic E-state index is 14.7. The van der Waals surface area contributed by atoms with Crippen molar-refractivity contribution in [2.75, 3.05) is 0 Å². The first-order valence-corrected chi connectivity index (χ1v) is 21.0. The van der Waals surface area contributed by atoms with Crippen LogP contribution in [0.4, 0.5) is 39.5 Å². The summed E-state index contributed by atoms with van der Waals surface area (Å²) in [7, 11) is 0. The highest BCUT2D eigenvalue weighted by Gasteiger charge is 2.39. The molecule has 0 aliphatic heterocycles. The van der Waals surface area contributed by atoms with E-state index in [0.29, 0.717) is 89.2 Å². The monoisotopic (exact) mass is 918 g/mol. The van der Waals surface area contributed by atoms with Gasteiger partial charge in [-0.2, -0.15) is 50.0 Å². The van der Waals surface area contributed by atoms with Gasteiger partial charge in [0.1, 0.15) is 0 Å². The molecule has 2 aromatic heterocycles. The second-order valence-corrected chi connectivity index (χ2v) is 16.6. The Morgan fingerprint density at radius 1 is 0.397 bits per heavy atom. The lowest BCUT2D eigenvalue weighted by Gasteiger charge is -2.22. The van der Waals surface area contributed by atoms with E-state index in [0.717, 1.165) is 29.0 Å². The molecule has 0 aliphatic rings. The molecule has 0 unspecified atom stereocenters. The van der Waals surface area contributed by atoms with E-state index in [2.05, 4.69) is 12.1 Å². The highest BCUT2D eigenvalue weighted by atomic mass is 19.4. The lowest BCUT2D eigenvalue weighted by molar-refractivity contribution is -0.143. The Labute approximate surface area is 381 Å². The summed E-state index contributed by atoms with van der Waals surface area (Å²) in [6.07, 6.45) is -14.7. The number of fused-ring (bicyclic) bond motifs is 6. The van der Waals surface area contributed by atoms with Crippen LogP contribution >= 0.6 is 0 Å². The van der Waals surface area contributed by atoms with E-state index in [-0.39, 0.29) is 17.2 Å². The van der Waals surface area contributed by atoms with Gasteiger partial charge in [0.25, 0.3) is 0 Å². The van der Waals surface area contributed by atoms with Gasteiger partial charge < -0.3 is 9.13 Å². The fourth-order valence-electron chi connectivity index (χ4n) is 9.48. The number of alkyl halides is 9. The van der Waals surface area contributed by atoms with Gasteiger partial charge in [0.2, 0.25) is 0 Å². The Kier molecular flexibility index (Phi) is 10.0. The maximum absolute atomic E-state index is 14.7. The van der Waals surface area contributed by atoms with Crippen molar-refractivity contribution in [3.05, 3.63) is 191 Å². The zero-order valence-electron chi connectivity index (χ0n) is 35.6.